The van der Waals surface area contributed by atoms with Gasteiger partial charge in [0.1, 0.15) is 0 Å². The van der Waals surface area contributed by atoms with Gasteiger partial charge in [0.25, 0.3) is 0 Å². The number of carboxylic acid groups (broad SMARTS) is 1. The van der Waals surface area contributed by atoms with Crippen LogP contribution in [0.3, 0.4) is 0 Å². The number of carboxylic acids is 1. The Hall–Kier alpha value is -2.16. The van der Waals surface area contributed by atoms with Gasteiger partial charge >= 0.3 is 12.1 Å². The molecule has 1 heterocycles. The Morgan fingerprint density at radius 3 is 2.64 bits per heavy atom. The van der Waals surface area contributed by atoms with E-state index in [1.165, 1.54) is 23.5 Å². The number of hydrogen-bond donors (Lipinski definition) is 3. The molecule has 0 saturated carbocycles. The minimum absolute atomic E-state index is 0.0179. The lowest BCUT2D eigenvalue weighted by molar-refractivity contribution is -0.137. The highest BCUT2D eigenvalue weighted by molar-refractivity contribution is 7.13. The highest BCUT2D eigenvalue weighted by Gasteiger charge is 2.30. The molecule has 2 aromatic rings. The quantitative estimate of drug-likeness (QED) is 0.557. The van der Waals surface area contributed by atoms with Crippen LogP contribution in [0.4, 0.5) is 13.2 Å². The molecule has 1 aromatic carbocycles. The van der Waals surface area contributed by atoms with E-state index >= 15 is 0 Å². The van der Waals surface area contributed by atoms with Gasteiger partial charge in [0.2, 0.25) is 0 Å². The number of thiophene rings is 1. The summed E-state index contributed by atoms with van der Waals surface area (Å²) in [6.07, 6.45) is -3.69. The molecule has 2 atom stereocenters. The van der Waals surface area contributed by atoms with Gasteiger partial charge in [-0.2, -0.15) is 13.2 Å². The van der Waals surface area contributed by atoms with Crippen molar-refractivity contribution in [2.75, 3.05) is 6.54 Å². The van der Waals surface area contributed by atoms with Crippen molar-refractivity contribution < 1.29 is 28.2 Å². The summed E-state index contributed by atoms with van der Waals surface area (Å²) in [5.41, 5.74) is 0.0969. The number of alkyl halides is 3. The molecule has 0 aliphatic carbocycles. The fraction of sp³-hybridized carbons (Fsp3) is 0.350. The second kappa shape index (κ2) is 9.36. The van der Waals surface area contributed by atoms with Gasteiger partial charge in [-0.25, -0.2) is 4.79 Å². The van der Waals surface area contributed by atoms with Crippen LogP contribution in [0.2, 0.25) is 0 Å². The molecule has 0 saturated heterocycles. The Balaban J connectivity index is 1.91. The number of nitrogens with one attached hydrogen (secondary N) is 1. The minimum atomic E-state index is -4.44. The molecule has 3 N–H and O–H groups in total. The number of benzene rings is 1. The molecular weight excluding hydrogens is 391 g/mol. The number of aliphatic hydroxyl groups excluding tert-OH is 1. The van der Waals surface area contributed by atoms with Crippen LogP contribution in [0, 0.1) is 0 Å². The summed E-state index contributed by atoms with van der Waals surface area (Å²) in [6.45, 7) is 3.77. The molecule has 0 radical (unpaired) electrons. The van der Waals surface area contributed by atoms with Crippen LogP contribution >= 0.6 is 11.3 Å². The summed E-state index contributed by atoms with van der Waals surface area (Å²) in [5, 5.41) is 22.1. The lowest BCUT2D eigenvalue weighted by Gasteiger charge is -2.18. The average Bonchev–Trinajstić information content (AvgIpc) is 3.07. The summed E-state index contributed by atoms with van der Waals surface area (Å²) in [4.78, 5) is 12.7. The summed E-state index contributed by atoms with van der Waals surface area (Å²) in [6, 6.07) is 8.44. The molecule has 0 amide bonds. The van der Waals surface area contributed by atoms with Gasteiger partial charge in [0, 0.05) is 28.4 Å². The number of halogens is 3. The summed E-state index contributed by atoms with van der Waals surface area (Å²) in [5.74, 6) is -0.994. The predicted octanol–water partition coefficient (Wildman–Crippen LogP) is 4.51. The van der Waals surface area contributed by atoms with Gasteiger partial charge < -0.3 is 15.5 Å². The number of rotatable bonds is 8. The standard InChI is InChI=1S/C20H22F3NO3S/c1-12(8-19(26)27)18-7-6-16(28-18)9-13(2)24-11-17(25)14-4-3-5-15(10-14)20(21,22)23/h3-8,10,13,17,24-25H,9,11H2,1-2H3,(H,26,27)/b12-8+/t13-,17+/m1/s1. The molecule has 0 aliphatic rings. The smallest absolute Gasteiger partial charge is 0.416 e. The average molecular weight is 413 g/mol. The van der Waals surface area contributed by atoms with Crippen LogP contribution in [-0.4, -0.2) is 28.8 Å². The largest absolute Gasteiger partial charge is 0.478 e. The minimum Gasteiger partial charge on any atom is -0.478 e. The lowest BCUT2D eigenvalue weighted by atomic mass is 10.1. The zero-order chi connectivity index (χ0) is 20.9. The molecule has 8 heteroatoms. The van der Waals surface area contributed by atoms with Crippen molar-refractivity contribution in [3.63, 3.8) is 0 Å². The monoisotopic (exact) mass is 413 g/mol. The number of carbonyl (C=O) groups is 1. The Bertz CT molecular complexity index is 845. The molecule has 0 fully saturated rings. The van der Waals surface area contributed by atoms with Crippen molar-refractivity contribution in [3.05, 3.63) is 63.4 Å². The maximum Gasteiger partial charge on any atom is 0.416 e. The number of aliphatic carboxylic acids is 1. The van der Waals surface area contributed by atoms with Crippen LogP contribution in [0.15, 0.2) is 42.5 Å². The van der Waals surface area contributed by atoms with Gasteiger partial charge in [-0.3, -0.25) is 0 Å². The van der Waals surface area contributed by atoms with Crippen LogP contribution in [-0.2, 0) is 17.4 Å². The van der Waals surface area contributed by atoms with E-state index in [1.54, 1.807) is 6.92 Å². The number of allylic oxidation sites excluding steroid dienone is 1. The first-order chi connectivity index (χ1) is 13.1. The first kappa shape index (κ1) is 22.1. The van der Waals surface area contributed by atoms with Gasteiger partial charge in [-0.1, -0.05) is 12.1 Å². The predicted molar refractivity (Wildman–Crippen MR) is 103 cm³/mol. The highest BCUT2D eigenvalue weighted by atomic mass is 32.1. The van der Waals surface area contributed by atoms with Crippen molar-refractivity contribution in [1.29, 1.82) is 0 Å². The molecule has 0 spiro atoms. The Morgan fingerprint density at radius 2 is 2.00 bits per heavy atom. The molecule has 0 aliphatic heterocycles. The zero-order valence-corrected chi connectivity index (χ0v) is 16.3. The normalized spacial score (nSPS) is 14.7. The van der Waals surface area contributed by atoms with Crippen LogP contribution in [0.1, 0.15) is 40.8 Å². The Labute approximate surface area is 165 Å². The third-order valence-corrected chi connectivity index (χ3v) is 5.40. The van der Waals surface area contributed by atoms with Crippen LogP contribution in [0.25, 0.3) is 5.57 Å². The van der Waals surface area contributed by atoms with Crippen molar-refractivity contribution in [1.82, 2.24) is 5.32 Å². The van der Waals surface area contributed by atoms with Gasteiger partial charge in [0.05, 0.1) is 11.7 Å². The van der Waals surface area contributed by atoms with Crippen molar-refractivity contribution in [2.45, 2.75) is 38.6 Å². The third kappa shape index (κ3) is 6.47. The van der Waals surface area contributed by atoms with Crippen LogP contribution in [0.5, 0.6) is 0 Å². The Kier molecular flexibility index (Phi) is 7.40. The number of hydrogen-bond acceptors (Lipinski definition) is 4. The lowest BCUT2D eigenvalue weighted by Crippen LogP contribution is -2.31. The zero-order valence-electron chi connectivity index (χ0n) is 15.5. The first-order valence-electron chi connectivity index (χ1n) is 8.65. The maximum absolute atomic E-state index is 12.8. The second-order valence-electron chi connectivity index (χ2n) is 6.58. The molecule has 0 unspecified atom stereocenters. The van der Waals surface area contributed by atoms with Crippen molar-refractivity contribution in [2.24, 2.45) is 0 Å². The molecule has 0 bridgehead atoms. The molecule has 152 valence electrons. The fourth-order valence-electron chi connectivity index (χ4n) is 2.68. The summed E-state index contributed by atoms with van der Waals surface area (Å²) >= 11 is 1.49. The van der Waals surface area contributed by atoms with E-state index in [0.717, 1.165) is 28.0 Å². The van der Waals surface area contributed by atoms with Crippen LogP contribution < -0.4 is 5.32 Å². The second-order valence-corrected chi connectivity index (χ2v) is 7.75. The summed E-state index contributed by atoms with van der Waals surface area (Å²) in [7, 11) is 0. The van der Waals surface area contributed by atoms with Crippen molar-refractivity contribution in [3.8, 4) is 0 Å². The van der Waals surface area contributed by atoms with E-state index in [4.69, 9.17) is 5.11 Å². The number of aliphatic hydroxyl groups is 1. The SMILES string of the molecule is C/C(=C\C(=O)O)c1ccc(C[C@@H](C)NC[C@H](O)c2cccc(C(F)(F)F)c2)s1. The fourth-order valence-corrected chi connectivity index (χ4v) is 3.79. The summed E-state index contributed by atoms with van der Waals surface area (Å²) < 4.78 is 38.4. The van der Waals surface area contributed by atoms with Gasteiger partial charge in [0.15, 0.2) is 0 Å². The molecular formula is C20H22F3NO3S. The molecule has 2 rings (SSSR count). The van der Waals surface area contributed by atoms with E-state index in [9.17, 15) is 23.1 Å². The molecule has 28 heavy (non-hydrogen) atoms. The van der Waals surface area contributed by atoms with Gasteiger partial charge in [-0.15, -0.1) is 11.3 Å². The van der Waals surface area contributed by atoms with E-state index in [2.05, 4.69) is 5.32 Å². The topological polar surface area (TPSA) is 69.6 Å². The highest BCUT2D eigenvalue weighted by Crippen LogP contribution is 2.30. The molecule has 4 nitrogen and oxygen atoms in total. The Morgan fingerprint density at radius 1 is 1.29 bits per heavy atom. The van der Waals surface area contributed by atoms with E-state index < -0.39 is 23.8 Å². The third-order valence-electron chi connectivity index (χ3n) is 4.16. The molecule has 1 aromatic heterocycles. The first-order valence-corrected chi connectivity index (χ1v) is 9.47. The maximum atomic E-state index is 12.8. The van der Waals surface area contributed by atoms with Gasteiger partial charge in [-0.05, 0) is 55.7 Å². The van der Waals surface area contributed by atoms with Crippen molar-refractivity contribution >= 4 is 22.9 Å². The van der Waals surface area contributed by atoms with E-state index in [1.807, 2.05) is 19.1 Å². The van der Waals surface area contributed by atoms with E-state index in [0.29, 0.717) is 12.0 Å². The van der Waals surface area contributed by atoms with E-state index in [-0.39, 0.29) is 18.2 Å².